The third-order valence-corrected chi connectivity index (χ3v) is 3.34. The summed E-state index contributed by atoms with van der Waals surface area (Å²) in [5.41, 5.74) is 1.13. The lowest BCUT2D eigenvalue weighted by molar-refractivity contribution is 0.0572. The summed E-state index contributed by atoms with van der Waals surface area (Å²) in [6.45, 7) is 1.25. The maximum atomic E-state index is 11.9. The normalized spacial score (nSPS) is 24.1. The number of rotatable bonds is 2. The Hall–Kier alpha value is -1.76. The molecule has 1 aliphatic rings. The molecule has 6 nitrogen and oxygen atoms in total. The van der Waals surface area contributed by atoms with Gasteiger partial charge in [-0.25, -0.2) is 4.98 Å². The summed E-state index contributed by atoms with van der Waals surface area (Å²) >= 11 is 0. The largest absolute Gasteiger partial charge is 0.389 e. The highest BCUT2D eigenvalue weighted by molar-refractivity contribution is 5.37. The molecule has 0 bridgehead atoms. The van der Waals surface area contributed by atoms with Crippen LogP contribution in [0, 0.1) is 0 Å². The summed E-state index contributed by atoms with van der Waals surface area (Å²) in [5, 5.41) is 19.0. The van der Waals surface area contributed by atoms with Gasteiger partial charge in [0.1, 0.15) is 5.65 Å². The van der Waals surface area contributed by atoms with Gasteiger partial charge in [0.25, 0.3) is 5.56 Å². The fourth-order valence-electron chi connectivity index (χ4n) is 2.39. The molecule has 3 rings (SSSR count). The van der Waals surface area contributed by atoms with E-state index < -0.39 is 12.2 Å². The van der Waals surface area contributed by atoms with Crippen LogP contribution in [0.25, 0.3) is 5.65 Å². The predicted molar refractivity (Wildman–Crippen MR) is 68.8 cm³/mol. The highest BCUT2D eigenvalue weighted by atomic mass is 16.3. The Balaban J connectivity index is 1.88. The van der Waals surface area contributed by atoms with Gasteiger partial charge in [-0.1, -0.05) is 6.07 Å². The first-order valence-electron chi connectivity index (χ1n) is 6.19. The van der Waals surface area contributed by atoms with Gasteiger partial charge in [-0.15, -0.1) is 0 Å². The topological polar surface area (TPSA) is 78.1 Å². The number of β-amino-alcohol motifs (C(OH)–C–C–N with tert-alkyl or cyclic N) is 2. The predicted octanol–water partition coefficient (Wildman–Crippen LogP) is -0.768. The van der Waals surface area contributed by atoms with Gasteiger partial charge >= 0.3 is 0 Å². The number of hydrogen-bond donors (Lipinski definition) is 2. The van der Waals surface area contributed by atoms with Crippen LogP contribution in [-0.2, 0) is 6.54 Å². The first kappa shape index (κ1) is 12.3. The van der Waals surface area contributed by atoms with E-state index in [1.807, 2.05) is 11.0 Å². The second-order valence-corrected chi connectivity index (χ2v) is 4.84. The molecular formula is C13H15N3O3. The molecule has 1 aliphatic heterocycles. The van der Waals surface area contributed by atoms with Crippen LogP contribution in [0.15, 0.2) is 35.3 Å². The van der Waals surface area contributed by atoms with Gasteiger partial charge in [-0.05, 0) is 12.1 Å². The minimum Gasteiger partial charge on any atom is -0.389 e. The van der Waals surface area contributed by atoms with Crippen molar-refractivity contribution in [3.63, 3.8) is 0 Å². The minimum absolute atomic E-state index is 0.124. The van der Waals surface area contributed by atoms with E-state index in [0.717, 1.165) is 0 Å². The highest BCUT2D eigenvalue weighted by Gasteiger charge is 2.29. The highest BCUT2D eigenvalue weighted by Crippen LogP contribution is 2.12. The molecule has 19 heavy (non-hydrogen) atoms. The molecule has 0 spiro atoms. The molecule has 1 saturated heterocycles. The van der Waals surface area contributed by atoms with Crippen molar-refractivity contribution in [2.45, 2.75) is 18.8 Å². The van der Waals surface area contributed by atoms with Gasteiger partial charge in [0.05, 0.1) is 17.9 Å². The minimum atomic E-state index is -0.721. The molecular weight excluding hydrogens is 246 g/mol. The third-order valence-electron chi connectivity index (χ3n) is 3.34. The average Bonchev–Trinajstić information content (AvgIpc) is 2.68. The summed E-state index contributed by atoms with van der Waals surface area (Å²) in [4.78, 5) is 18.2. The van der Waals surface area contributed by atoms with Crippen molar-refractivity contribution in [1.82, 2.24) is 14.3 Å². The molecule has 0 aromatic carbocycles. The van der Waals surface area contributed by atoms with E-state index in [9.17, 15) is 15.0 Å². The summed E-state index contributed by atoms with van der Waals surface area (Å²) in [6.07, 6.45) is 0.237. The lowest BCUT2D eigenvalue weighted by atomic mass is 10.3. The summed E-state index contributed by atoms with van der Waals surface area (Å²) < 4.78 is 1.48. The number of aliphatic hydroxyl groups is 2. The molecule has 0 aliphatic carbocycles. The van der Waals surface area contributed by atoms with Gasteiger partial charge in [0.15, 0.2) is 0 Å². The molecule has 2 aromatic heterocycles. The van der Waals surface area contributed by atoms with E-state index >= 15 is 0 Å². The number of pyridine rings is 1. The molecule has 6 heteroatoms. The molecule has 100 valence electrons. The molecule has 1 fully saturated rings. The fraction of sp³-hybridized carbons (Fsp3) is 0.385. The van der Waals surface area contributed by atoms with Gasteiger partial charge in [0, 0.05) is 31.9 Å². The Bertz CT molecular complexity index is 645. The van der Waals surface area contributed by atoms with E-state index in [4.69, 9.17) is 0 Å². The average molecular weight is 261 g/mol. The number of aliphatic hydroxyl groups excluding tert-OH is 2. The van der Waals surface area contributed by atoms with Crippen LogP contribution in [0.1, 0.15) is 5.69 Å². The van der Waals surface area contributed by atoms with Crippen molar-refractivity contribution in [2.75, 3.05) is 13.1 Å². The van der Waals surface area contributed by atoms with Crippen molar-refractivity contribution >= 4 is 5.65 Å². The summed E-state index contributed by atoms with van der Waals surface area (Å²) in [6, 6.07) is 6.88. The first-order chi connectivity index (χ1) is 9.13. The van der Waals surface area contributed by atoms with Crippen LogP contribution in [0.5, 0.6) is 0 Å². The Morgan fingerprint density at radius 1 is 1.26 bits per heavy atom. The fourth-order valence-corrected chi connectivity index (χ4v) is 2.39. The van der Waals surface area contributed by atoms with Crippen molar-refractivity contribution in [3.05, 3.63) is 46.5 Å². The van der Waals surface area contributed by atoms with Gasteiger partial charge in [0.2, 0.25) is 0 Å². The Morgan fingerprint density at radius 3 is 2.74 bits per heavy atom. The molecule has 3 heterocycles. The second kappa shape index (κ2) is 4.73. The molecule has 2 atom stereocenters. The maximum absolute atomic E-state index is 11.9. The zero-order valence-corrected chi connectivity index (χ0v) is 10.3. The van der Waals surface area contributed by atoms with Gasteiger partial charge < -0.3 is 10.2 Å². The summed E-state index contributed by atoms with van der Waals surface area (Å²) in [5.74, 6) is 0. The van der Waals surface area contributed by atoms with E-state index in [0.29, 0.717) is 31.0 Å². The van der Waals surface area contributed by atoms with E-state index in [2.05, 4.69) is 4.98 Å². The van der Waals surface area contributed by atoms with E-state index in [1.54, 1.807) is 18.3 Å². The maximum Gasteiger partial charge on any atom is 0.258 e. The monoisotopic (exact) mass is 261 g/mol. The Labute approximate surface area is 109 Å². The number of likely N-dealkylation sites (tertiary alicyclic amines) is 1. The number of fused-ring (bicyclic) bond motifs is 1. The van der Waals surface area contributed by atoms with E-state index in [1.165, 1.54) is 10.5 Å². The quantitative estimate of drug-likeness (QED) is 0.742. The van der Waals surface area contributed by atoms with Crippen molar-refractivity contribution in [1.29, 1.82) is 0 Å². The van der Waals surface area contributed by atoms with Crippen LogP contribution in [0.3, 0.4) is 0 Å². The Kier molecular flexibility index (Phi) is 3.06. The number of nitrogens with zero attached hydrogens (tertiary/aromatic N) is 3. The SMILES string of the molecule is O=c1cc(CN2C[C@@H](O)[C@@H](O)C2)nc2ccccn12. The van der Waals surface area contributed by atoms with Crippen molar-refractivity contribution < 1.29 is 10.2 Å². The lowest BCUT2D eigenvalue weighted by Gasteiger charge is -2.14. The zero-order chi connectivity index (χ0) is 13.4. The molecule has 2 N–H and O–H groups in total. The van der Waals surface area contributed by atoms with Crippen LogP contribution < -0.4 is 5.56 Å². The Morgan fingerprint density at radius 2 is 2.00 bits per heavy atom. The zero-order valence-electron chi connectivity index (χ0n) is 10.3. The summed E-state index contributed by atoms with van der Waals surface area (Å²) in [7, 11) is 0. The standard InChI is InChI=1S/C13H15N3O3/c17-10-7-15(8-11(10)18)6-9-5-13(19)16-4-2-1-3-12(16)14-9/h1-5,10-11,17-18H,6-8H2/t10-,11+. The van der Waals surface area contributed by atoms with Crippen LogP contribution >= 0.6 is 0 Å². The number of hydrogen-bond acceptors (Lipinski definition) is 5. The van der Waals surface area contributed by atoms with Gasteiger partial charge in [-0.3, -0.25) is 14.1 Å². The van der Waals surface area contributed by atoms with Crippen molar-refractivity contribution in [2.24, 2.45) is 0 Å². The first-order valence-corrected chi connectivity index (χ1v) is 6.19. The van der Waals surface area contributed by atoms with Crippen LogP contribution in [-0.4, -0.2) is 49.8 Å². The smallest absolute Gasteiger partial charge is 0.258 e. The molecule has 0 unspecified atom stereocenters. The molecule has 2 aromatic rings. The molecule has 0 saturated carbocycles. The van der Waals surface area contributed by atoms with Crippen LogP contribution in [0.4, 0.5) is 0 Å². The molecule has 0 radical (unpaired) electrons. The lowest BCUT2D eigenvalue weighted by Crippen LogP contribution is -2.24. The van der Waals surface area contributed by atoms with Crippen LogP contribution in [0.2, 0.25) is 0 Å². The third kappa shape index (κ3) is 2.37. The number of aromatic nitrogens is 2. The molecule has 0 amide bonds. The van der Waals surface area contributed by atoms with Crippen molar-refractivity contribution in [3.8, 4) is 0 Å². The van der Waals surface area contributed by atoms with Gasteiger partial charge in [-0.2, -0.15) is 0 Å². The van der Waals surface area contributed by atoms with E-state index in [-0.39, 0.29) is 5.56 Å². The second-order valence-electron chi connectivity index (χ2n) is 4.84.